The van der Waals surface area contributed by atoms with Crippen LogP contribution >= 0.6 is 0 Å². The Morgan fingerprint density at radius 2 is 0.929 bits per heavy atom. The Kier molecular flexibility index (Phi) is 4.18. The molecule has 1 aromatic rings. The molecule has 0 aliphatic carbocycles. The monoisotopic (exact) mass is 193 g/mol. The van der Waals surface area contributed by atoms with Crippen LogP contribution in [0.1, 0.15) is 35.2 Å². The molecular weight excluding hydrogens is 170 g/mol. The van der Waals surface area contributed by atoms with E-state index in [1.54, 1.807) is 0 Å². The summed E-state index contributed by atoms with van der Waals surface area (Å²) >= 11 is 0. The molecule has 80 valence electrons. The van der Waals surface area contributed by atoms with E-state index in [0.29, 0.717) is 0 Å². The van der Waals surface area contributed by atoms with Crippen LogP contribution in [0.2, 0.25) is 0 Å². The Morgan fingerprint density at radius 3 is 1.21 bits per heavy atom. The first-order chi connectivity index (χ1) is 6.00. The van der Waals surface area contributed by atoms with Gasteiger partial charge in [-0.1, -0.05) is 7.43 Å². The van der Waals surface area contributed by atoms with Crippen LogP contribution < -0.4 is 5.32 Å². The van der Waals surface area contributed by atoms with Crippen molar-refractivity contribution in [3.05, 3.63) is 27.8 Å². The third-order valence-electron chi connectivity index (χ3n) is 3.25. The van der Waals surface area contributed by atoms with Gasteiger partial charge >= 0.3 is 0 Å². The summed E-state index contributed by atoms with van der Waals surface area (Å²) < 4.78 is 0. The molecule has 0 aliphatic heterocycles. The van der Waals surface area contributed by atoms with Crippen LogP contribution in [-0.4, -0.2) is 7.05 Å². The van der Waals surface area contributed by atoms with Crippen molar-refractivity contribution in [2.24, 2.45) is 0 Å². The lowest BCUT2D eigenvalue weighted by molar-refractivity contribution is 1.17. The van der Waals surface area contributed by atoms with E-state index in [1.807, 2.05) is 7.05 Å². The van der Waals surface area contributed by atoms with Gasteiger partial charge in [-0.05, 0) is 62.4 Å². The second kappa shape index (κ2) is 4.50. The summed E-state index contributed by atoms with van der Waals surface area (Å²) in [5, 5.41) is 3.27. The largest absolute Gasteiger partial charge is 0.388 e. The van der Waals surface area contributed by atoms with Gasteiger partial charge in [-0.3, -0.25) is 0 Å². The van der Waals surface area contributed by atoms with Crippen LogP contribution in [0.4, 0.5) is 5.69 Å². The van der Waals surface area contributed by atoms with Gasteiger partial charge in [0.25, 0.3) is 0 Å². The van der Waals surface area contributed by atoms with E-state index in [4.69, 9.17) is 0 Å². The van der Waals surface area contributed by atoms with Gasteiger partial charge in [0.1, 0.15) is 0 Å². The van der Waals surface area contributed by atoms with Gasteiger partial charge in [-0.25, -0.2) is 0 Å². The van der Waals surface area contributed by atoms with Crippen LogP contribution in [0.15, 0.2) is 0 Å². The molecule has 0 spiro atoms. The van der Waals surface area contributed by atoms with Crippen molar-refractivity contribution in [3.63, 3.8) is 0 Å². The predicted octanol–water partition coefficient (Wildman–Crippen LogP) is 3.91. The van der Waals surface area contributed by atoms with Gasteiger partial charge in [0.05, 0.1) is 0 Å². The molecule has 0 aliphatic rings. The molecule has 0 bridgehead atoms. The fourth-order valence-corrected chi connectivity index (χ4v) is 1.88. The molecule has 0 unspecified atom stereocenters. The average molecular weight is 193 g/mol. The number of rotatable bonds is 1. The molecule has 0 aromatic heterocycles. The molecule has 1 aromatic carbocycles. The van der Waals surface area contributed by atoms with Gasteiger partial charge in [-0.2, -0.15) is 0 Å². The smallest absolute Gasteiger partial charge is 0.0402 e. The highest BCUT2D eigenvalue weighted by molar-refractivity contribution is 5.64. The maximum absolute atomic E-state index is 3.27. The molecule has 0 amide bonds. The van der Waals surface area contributed by atoms with Gasteiger partial charge in [0.2, 0.25) is 0 Å². The lowest BCUT2D eigenvalue weighted by Crippen LogP contribution is -2.02. The Labute approximate surface area is 88.5 Å². The Hall–Kier alpha value is -0.980. The van der Waals surface area contributed by atoms with Crippen molar-refractivity contribution in [3.8, 4) is 0 Å². The highest BCUT2D eigenvalue weighted by Crippen LogP contribution is 2.29. The maximum atomic E-state index is 3.27. The summed E-state index contributed by atoms with van der Waals surface area (Å²) in [6, 6.07) is 0. The highest BCUT2D eigenvalue weighted by atomic mass is 14.8. The van der Waals surface area contributed by atoms with Crippen LogP contribution in [0, 0.1) is 34.6 Å². The van der Waals surface area contributed by atoms with Crippen molar-refractivity contribution in [2.75, 3.05) is 12.4 Å². The first-order valence-electron chi connectivity index (χ1n) is 4.75. The molecule has 0 saturated carbocycles. The van der Waals surface area contributed by atoms with Gasteiger partial charge < -0.3 is 5.32 Å². The Bertz CT molecular complexity index is 309. The minimum absolute atomic E-state index is 0. The summed E-state index contributed by atoms with van der Waals surface area (Å²) in [5.74, 6) is 0. The number of hydrogen-bond acceptors (Lipinski definition) is 1. The van der Waals surface area contributed by atoms with Crippen LogP contribution in [0.3, 0.4) is 0 Å². The van der Waals surface area contributed by atoms with E-state index in [1.165, 1.54) is 33.5 Å². The minimum Gasteiger partial charge on any atom is -0.388 e. The Morgan fingerprint density at radius 1 is 0.643 bits per heavy atom. The maximum Gasteiger partial charge on any atom is 0.0402 e. The summed E-state index contributed by atoms with van der Waals surface area (Å²) in [7, 11) is 1.99. The predicted molar refractivity (Wildman–Crippen MR) is 66.4 cm³/mol. The fourth-order valence-electron chi connectivity index (χ4n) is 1.88. The van der Waals surface area contributed by atoms with E-state index in [2.05, 4.69) is 39.9 Å². The van der Waals surface area contributed by atoms with E-state index >= 15 is 0 Å². The summed E-state index contributed by atoms with van der Waals surface area (Å²) in [4.78, 5) is 0. The van der Waals surface area contributed by atoms with Crippen LogP contribution in [-0.2, 0) is 0 Å². The number of nitrogens with one attached hydrogen (secondary N) is 1. The fraction of sp³-hybridized carbons (Fsp3) is 0.538. The Balaban J connectivity index is 0.00000169. The summed E-state index contributed by atoms with van der Waals surface area (Å²) in [5.41, 5.74) is 8.29. The molecule has 0 saturated heterocycles. The highest BCUT2D eigenvalue weighted by Gasteiger charge is 2.09. The normalized spacial score (nSPS) is 9.57. The van der Waals surface area contributed by atoms with Crippen molar-refractivity contribution >= 4 is 5.69 Å². The zero-order valence-corrected chi connectivity index (χ0v) is 9.50. The summed E-state index contributed by atoms with van der Waals surface area (Å²) in [6.45, 7) is 10.9. The lowest BCUT2D eigenvalue weighted by Gasteiger charge is -2.17. The molecule has 14 heavy (non-hydrogen) atoms. The average Bonchev–Trinajstić information content (AvgIpc) is 2.13. The first-order valence-corrected chi connectivity index (χ1v) is 4.75. The second-order valence-corrected chi connectivity index (χ2v) is 3.75. The van der Waals surface area contributed by atoms with E-state index in [-0.39, 0.29) is 7.43 Å². The molecule has 1 heteroatoms. The molecular formula is C13H23N. The van der Waals surface area contributed by atoms with Crippen molar-refractivity contribution in [2.45, 2.75) is 42.0 Å². The number of hydrogen-bond donors (Lipinski definition) is 1. The number of benzene rings is 1. The molecule has 0 fully saturated rings. The molecule has 1 N–H and O–H groups in total. The van der Waals surface area contributed by atoms with E-state index < -0.39 is 0 Å². The lowest BCUT2D eigenvalue weighted by atomic mass is 9.93. The molecule has 0 heterocycles. The standard InChI is InChI=1S/C12H19N.CH4/c1-7-8(2)10(4)12(13-6)11(5)9(7)3;/h13H,1-6H3;1H4. The molecule has 1 nitrogen and oxygen atoms in total. The SMILES string of the molecule is C.CNc1c(C)c(C)c(C)c(C)c1C. The minimum atomic E-state index is 0. The molecule has 1 rings (SSSR count). The third kappa shape index (κ3) is 1.77. The van der Waals surface area contributed by atoms with E-state index in [9.17, 15) is 0 Å². The number of anilines is 1. The van der Waals surface area contributed by atoms with Crippen LogP contribution in [0.5, 0.6) is 0 Å². The second-order valence-electron chi connectivity index (χ2n) is 3.75. The molecule has 0 atom stereocenters. The zero-order chi connectivity index (χ0) is 10.2. The third-order valence-corrected chi connectivity index (χ3v) is 3.25. The quantitative estimate of drug-likeness (QED) is 0.713. The van der Waals surface area contributed by atoms with Crippen molar-refractivity contribution in [1.82, 2.24) is 0 Å². The van der Waals surface area contributed by atoms with Crippen molar-refractivity contribution in [1.29, 1.82) is 0 Å². The van der Waals surface area contributed by atoms with Gasteiger partial charge in [0, 0.05) is 12.7 Å². The summed E-state index contributed by atoms with van der Waals surface area (Å²) in [6.07, 6.45) is 0. The molecule has 0 radical (unpaired) electrons. The van der Waals surface area contributed by atoms with Crippen LogP contribution in [0.25, 0.3) is 0 Å². The van der Waals surface area contributed by atoms with Gasteiger partial charge in [-0.15, -0.1) is 0 Å². The first kappa shape index (κ1) is 13.0. The van der Waals surface area contributed by atoms with Gasteiger partial charge in [0.15, 0.2) is 0 Å². The van der Waals surface area contributed by atoms with Crippen molar-refractivity contribution < 1.29 is 0 Å². The topological polar surface area (TPSA) is 12.0 Å². The zero-order valence-electron chi connectivity index (χ0n) is 9.50. The van der Waals surface area contributed by atoms with E-state index in [0.717, 1.165) is 0 Å².